The van der Waals surface area contributed by atoms with Crippen molar-refractivity contribution in [2.24, 2.45) is 0 Å². The van der Waals surface area contributed by atoms with Crippen molar-refractivity contribution < 1.29 is 9.53 Å². The van der Waals surface area contributed by atoms with Gasteiger partial charge in [0.1, 0.15) is 0 Å². The van der Waals surface area contributed by atoms with E-state index in [2.05, 4.69) is 21.2 Å². The molecule has 0 aliphatic rings. The van der Waals surface area contributed by atoms with Crippen LogP contribution >= 0.6 is 15.9 Å². The molecule has 1 N–H and O–H groups in total. The minimum absolute atomic E-state index is 0.00968. The van der Waals surface area contributed by atoms with Gasteiger partial charge in [0.2, 0.25) is 5.91 Å². The van der Waals surface area contributed by atoms with Crippen LogP contribution in [-0.2, 0) is 9.53 Å². The first-order valence-electron chi connectivity index (χ1n) is 3.05. The van der Waals surface area contributed by atoms with E-state index in [9.17, 15) is 4.79 Å². The molecule has 0 spiro atoms. The second-order valence-electron chi connectivity index (χ2n) is 2.06. The van der Waals surface area contributed by atoms with E-state index in [-0.39, 0.29) is 11.9 Å². The Bertz CT molecular complexity index is 108. The number of nitrogens with one attached hydrogen (secondary N) is 1. The smallest absolute Gasteiger partial charge is 0.230 e. The molecule has 4 heteroatoms. The maximum absolute atomic E-state index is 10.7. The summed E-state index contributed by atoms with van der Waals surface area (Å²) in [6.07, 6.45) is 0. The van der Waals surface area contributed by atoms with Gasteiger partial charge in [0.25, 0.3) is 0 Å². The molecular formula is C6H12BrNO2. The first kappa shape index (κ1) is 9.91. The SMILES string of the molecule is COCC(C)NC(=O)CBr. The van der Waals surface area contributed by atoms with E-state index in [1.165, 1.54) is 0 Å². The molecule has 0 aromatic rings. The number of rotatable bonds is 4. The lowest BCUT2D eigenvalue weighted by atomic mass is 10.3. The van der Waals surface area contributed by atoms with Crippen LogP contribution in [0.4, 0.5) is 0 Å². The Morgan fingerprint density at radius 2 is 2.40 bits per heavy atom. The van der Waals surface area contributed by atoms with Gasteiger partial charge in [-0.2, -0.15) is 0 Å². The van der Waals surface area contributed by atoms with Gasteiger partial charge in [-0.3, -0.25) is 4.79 Å². The summed E-state index contributed by atoms with van der Waals surface area (Å²) in [5.41, 5.74) is 0. The Kier molecular flexibility index (Phi) is 5.63. The minimum Gasteiger partial charge on any atom is -0.383 e. The normalized spacial score (nSPS) is 12.7. The molecule has 0 aromatic carbocycles. The Morgan fingerprint density at radius 3 is 2.80 bits per heavy atom. The summed E-state index contributed by atoms with van der Waals surface area (Å²) in [5.74, 6) is -0.00968. The van der Waals surface area contributed by atoms with Gasteiger partial charge in [0.15, 0.2) is 0 Å². The molecule has 0 saturated carbocycles. The van der Waals surface area contributed by atoms with Crippen molar-refractivity contribution >= 4 is 21.8 Å². The molecule has 0 aliphatic carbocycles. The molecule has 1 unspecified atom stereocenters. The number of ether oxygens (including phenoxy) is 1. The van der Waals surface area contributed by atoms with Gasteiger partial charge in [0.05, 0.1) is 11.9 Å². The first-order chi connectivity index (χ1) is 4.70. The fraction of sp³-hybridized carbons (Fsp3) is 0.833. The zero-order chi connectivity index (χ0) is 7.98. The van der Waals surface area contributed by atoms with Crippen LogP contribution in [0.25, 0.3) is 0 Å². The maximum atomic E-state index is 10.7. The molecule has 0 aromatic heterocycles. The van der Waals surface area contributed by atoms with E-state index < -0.39 is 0 Å². The number of halogens is 1. The predicted molar refractivity (Wildman–Crippen MR) is 43.3 cm³/mol. The third-order valence-corrected chi connectivity index (χ3v) is 1.45. The predicted octanol–water partition coefficient (Wildman–Crippen LogP) is 0.532. The van der Waals surface area contributed by atoms with Crippen molar-refractivity contribution in [2.45, 2.75) is 13.0 Å². The van der Waals surface area contributed by atoms with Gasteiger partial charge in [-0.25, -0.2) is 0 Å². The van der Waals surface area contributed by atoms with Crippen molar-refractivity contribution in [3.8, 4) is 0 Å². The molecule has 0 radical (unpaired) electrons. The molecule has 0 heterocycles. The number of carbonyl (C=O) groups is 1. The van der Waals surface area contributed by atoms with Crippen LogP contribution in [0.5, 0.6) is 0 Å². The lowest BCUT2D eigenvalue weighted by Crippen LogP contribution is -2.36. The van der Waals surface area contributed by atoms with Crippen LogP contribution in [0.1, 0.15) is 6.92 Å². The molecule has 0 aliphatic heterocycles. The molecule has 10 heavy (non-hydrogen) atoms. The summed E-state index contributed by atoms with van der Waals surface area (Å²) < 4.78 is 4.82. The molecule has 3 nitrogen and oxygen atoms in total. The van der Waals surface area contributed by atoms with Crippen molar-refractivity contribution in [3.05, 3.63) is 0 Å². The number of methoxy groups -OCH3 is 1. The van der Waals surface area contributed by atoms with Crippen molar-refractivity contribution in [3.63, 3.8) is 0 Å². The third kappa shape index (κ3) is 4.76. The monoisotopic (exact) mass is 209 g/mol. The maximum Gasteiger partial charge on any atom is 0.230 e. The highest BCUT2D eigenvalue weighted by atomic mass is 79.9. The average molecular weight is 210 g/mol. The van der Waals surface area contributed by atoms with Crippen LogP contribution in [0.2, 0.25) is 0 Å². The lowest BCUT2D eigenvalue weighted by Gasteiger charge is -2.10. The van der Waals surface area contributed by atoms with Gasteiger partial charge in [0, 0.05) is 13.2 Å². The highest BCUT2D eigenvalue weighted by molar-refractivity contribution is 9.09. The molecular weight excluding hydrogens is 198 g/mol. The molecule has 60 valence electrons. The van der Waals surface area contributed by atoms with Gasteiger partial charge >= 0.3 is 0 Å². The first-order valence-corrected chi connectivity index (χ1v) is 4.17. The molecule has 0 rings (SSSR count). The number of hydrogen-bond acceptors (Lipinski definition) is 2. The van der Waals surface area contributed by atoms with E-state index in [0.717, 1.165) is 0 Å². The van der Waals surface area contributed by atoms with Gasteiger partial charge in [-0.05, 0) is 6.92 Å². The summed E-state index contributed by atoms with van der Waals surface area (Å²) in [6, 6.07) is 0.0926. The summed E-state index contributed by atoms with van der Waals surface area (Å²) in [7, 11) is 1.61. The van der Waals surface area contributed by atoms with Crippen molar-refractivity contribution in [2.75, 3.05) is 19.0 Å². The van der Waals surface area contributed by atoms with Crippen LogP contribution in [0, 0.1) is 0 Å². The highest BCUT2D eigenvalue weighted by Crippen LogP contribution is 1.84. The third-order valence-electron chi connectivity index (χ3n) is 0.945. The number of amides is 1. The number of alkyl halides is 1. The fourth-order valence-electron chi connectivity index (χ4n) is 0.605. The summed E-state index contributed by atoms with van der Waals surface area (Å²) in [6.45, 7) is 2.45. The Hall–Kier alpha value is -0.0900. The largest absolute Gasteiger partial charge is 0.383 e. The second-order valence-corrected chi connectivity index (χ2v) is 2.62. The summed E-state index contributed by atoms with van der Waals surface area (Å²) in [5, 5.41) is 3.07. The zero-order valence-corrected chi connectivity index (χ0v) is 7.77. The summed E-state index contributed by atoms with van der Waals surface area (Å²) in [4.78, 5) is 10.7. The van der Waals surface area contributed by atoms with Crippen molar-refractivity contribution in [1.29, 1.82) is 0 Å². The topological polar surface area (TPSA) is 38.3 Å². The van der Waals surface area contributed by atoms with Gasteiger partial charge in [-0.1, -0.05) is 15.9 Å². The van der Waals surface area contributed by atoms with E-state index in [1.54, 1.807) is 7.11 Å². The minimum atomic E-state index is -0.00968. The Morgan fingerprint density at radius 1 is 1.80 bits per heavy atom. The second kappa shape index (κ2) is 5.68. The molecule has 1 amide bonds. The summed E-state index contributed by atoms with van der Waals surface area (Å²) >= 11 is 3.04. The number of carbonyl (C=O) groups excluding carboxylic acids is 1. The van der Waals surface area contributed by atoms with E-state index in [0.29, 0.717) is 11.9 Å². The standard InChI is InChI=1S/C6H12BrNO2/c1-5(4-10-2)8-6(9)3-7/h5H,3-4H2,1-2H3,(H,8,9). The molecule has 1 atom stereocenters. The van der Waals surface area contributed by atoms with E-state index in [1.807, 2.05) is 6.92 Å². The fourth-order valence-corrected chi connectivity index (χ4v) is 0.767. The Balaban J connectivity index is 3.37. The molecule has 0 fully saturated rings. The van der Waals surface area contributed by atoms with E-state index in [4.69, 9.17) is 4.74 Å². The Labute approximate surface area is 69.3 Å². The zero-order valence-electron chi connectivity index (χ0n) is 6.19. The number of hydrogen-bond donors (Lipinski definition) is 1. The molecule has 0 bridgehead atoms. The van der Waals surface area contributed by atoms with Gasteiger partial charge < -0.3 is 10.1 Å². The average Bonchev–Trinajstić information content (AvgIpc) is 1.88. The van der Waals surface area contributed by atoms with Crippen LogP contribution in [0.3, 0.4) is 0 Å². The molecule has 0 saturated heterocycles. The highest BCUT2D eigenvalue weighted by Gasteiger charge is 2.03. The van der Waals surface area contributed by atoms with Gasteiger partial charge in [-0.15, -0.1) is 0 Å². The van der Waals surface area contributed by atoms with Crippen LogP contribution in [-0.4, -0.2) is 31.0 Å². The van der Waals surface area contributed by atoms with Crippen LogP contribution < -0.4 is 5.32 Å². The van der Waals surface area contributed by atoms with Crippen LogP contribution in [0.15, 0.2) is 0 Å². The van der Waals surface area contributed by atoms with E-state index >= 15 is 0 Å². The van der Waals surface area contributed by atoms with Crippen molar-refractivity contribution in [1.82, 2.24) is 5.32 Å². The quantitative estimate of drug-likeness (QED) is 0.687. The lowest BCUT2D eigenvalue weighted by molar-refractivity contribution is -0.119.